The molecule has 1 rings (SSSR count). The predicted molar refractivity (Wildman–Crippen MR) is 68.1 cm³/mol. The van der Waals surface area contributed by atoms with Crippen molar-refractivity contribution in [2.24, 2.45) is 0 Å². The van der Waals surface area contributed by atoms with Crippen LogP contribution in [-0.4, -0.2) is 24.1 Å². The van der Waals surface area contributed by atoms with E-state index in [1.807, 2.05) is 29.6 Å². The van der Waals surface area contributed by atoms with Crippen LogP contribution in [0.25, 0.3) is 0 Å². The first-order valence-corrected chi connectivity index (χ1v) is 7.41. The topological polar surface area (TPSA) is 26.3 Å². The fraction of sp³-hybridized carbons (Fsp3) is 0.727. The van der Waals surface area contributed by atoms with Gasteiger partial charge in [-0.2, -0.15) is 0 Å². The van der Waals surface area contributed by atoms with E-state index in [-0.39, 0.29) is 5.97 Å². The third-order valence-corrected chi connectivity index (χ3v) is 4.57. The molecule has 1 heterocycles. The van der Waals surface area contributed by atoms with Gasteiger partial charge in [0.15, 0.2) is 0 Å². The number of hydrogen-bond acceptors (Lipinski definition) is 4. The third-order valence-electron chi connectivity index (χ3n) is 1.97. The Balaban J connectivity index is 2.14. The van der Waals surface area contributed by atoms with E-state index in [2.05, 4.69) is 6.92 Å². The number of carbonyl (C=O) groups is 1. The largest absolute Gasteiger partial charge is 0.465 e. The minimum absolute atomic E-state index is 0.0947. The van der Waals surface area contributed by atoms with Crippen molar-refractivity contribution in [1.29, 1.82) is 0 Å². The van der Waals surface area contributed by atoms with Gasteiger partial charge in [-0.1, -0.05) is 19.4 Å². The molecule has 0 radical (unpaired) electrons. The highest BCUT2D eigenvalue weighted by atomic mass is 32.2. The van der Waals surface area contributed by atoms with Gasteiger partial charge in [0.2, 0.25) is 0 Å². The molecule has 86 valence electrons. The van der Waals surface area contributed by atoms with Crippen molar-refractivity contribution >= 4 is 29.5 Å². The van der Waals surface area contributed by atoms with E-state index < -0.39 is 0 Å². The molecule has 0 aromatic rings. The van der Waals surface area contributed by atoms with Crippen LogP contribution in [0.1, 0.15) is 32.6 Å². The normalized spacial score (nSPS) is 16.2. The second-order valence-corrected chi connectivity index (χ2v) is 5.88. The lowest BCUT2D eigenvalue weighted by Gasteiger charge is -2.12. The average Bonchev–Trinajstić information content (AvgIpc) is 2.28. The monoisotopic (exact) mass is 246 g/mol. The number of esters is 1. The summed E-state index contributed by atoms with van der Waals surface area (Å²) >= 11 is 3.70. The number of unbranched alkanes of at least 4 members (excludes halogenated alkanes) is 1. The first-order valence-electron chi connectivity index (χ1n) is 5.44. The van der Waals surface area contributed by atoms with Crippen LogP contribution in [0.5, 0.6) is 0 Å². The van der Waals surface area contributed by atoms with E-state index in [0.717, 1.165) is 12.8 Å². The van der Waals surface area contributed by atoms with Crippen molar-refractivity contribution in [3.63, 3.8) is 0 Å². The molecule has 1 fully saturated rings. The zero-order valence-electron chi connectivity index (χ0n) is 9.16. The molecule has 0 spiro atoms. The minimum Gasteiger partial charge on any atom is -0.465 e. The van der Waals surface area contributed by atoms with Gasteiger partial charge in [-0.3, -0.25) is 4.79 Å². The van der Waals surface area contributed by atoms with Crippen LogP contribution in [0, 0.1) is 0 Å². The Morgan fingerprint density at radius 1 is 1.47 bits per heavy atom. The second kappa shape index (κ2) is 8.11. The SMILES string of the molecule is CCCCOC(=O)CC=C1SCCCS1. The van der Waals surface area contributed by atoms with E-state index in [9.17, 15) is 4.79 Å². The molecule has 0 unspecified atom stereocenters. The molecule has 1 aliphatic heterocycles. The number of thioether (sulfide) groups is 2. The molecule has 0 saturated carbocycles. The number of carbonyl (C=O) groups excluding carboxylic acids is 1. The maximum absolute atomic E-state index is 11.3. The van der Waals surface area contributed by atoms with Gasteiger partial charge in [0, 0.05) is 4.24 Å². The van der Waals surface area contributed by atoms with E-state index in [0.29, 0.717) is 13.0 Å². The third kappa shape index (κ3) is 6.15. The molecule has 1 saturated heterocycles. The van der Waals surface area contributed by atoms with Crippen LogP contribution in [0.2, 0.25) is 0 Å². The summed E-state index contributed by atoms with van der Waals surface area (Å²) in [4.78, 5) is 11.3. The summed E-state index contributed by atoms with van der Waals surface area (Å²) in [6.07, 6.45) is 5.74. The van der Waals surface area contributed by atoms with Crippen LogP contribution in [0.4, 0.5) is 0 Å². The van der Waals surface area contributed by atoms with Crippen LogP contribution in [0.3, 0.4) is 0 Å². The first kappa shape index (κ1) is 13.0. The van der Waals surface area contributed by atoms with Crippen LogP contribution in [0.15, 0.2) is 10.3 Å². The molecule has 0 atom stereocenters. The fourth-order valence-electron chi connectivity index (χ4n) is 1.12. The van der Waals surface area contributed by atoms with E-state index in [1.54, 1.807) is 0 Å². The van der Waals surface area contributed by atoms with Gasteiger partial charge >= 0.3 is 5.97 Å². The molecule has 1 aliphatic rings. The lowest BCUT2D eigenvalue weighted by molar-refractivity contribution is -0.142. The maximum Gasteiger partial charge on any atom is 0.309 e. The summed E-state index contributed by atoms with van der Waals surface area (Å²) in [5.74, 6) is 2.27. The Labute approximate surface area is 100 Å². The minimum atomic E-state index is -0.0947. The lowest BCUT2D eigenvalue weighted by atomic mass is 10.3. The molecule has 0 aliphatic carbocycles. The van der Waals surface area contributed by atoms with Gasteiger partial charge < -0.3 is 4.74 Å². The highest BCUT2D eigenvalue weighted by Gasteiger charge is 2.07. The van der Waals surface area contributed by atoms with Crippen molar-refractivity contribution in [3.8, 4) is 0 Å². The summed E-state index contributed by atoms with van der Waals surface area (Å²) in [6.45, 7) is 2.66. The van der Waals surface area contributed by atoms with Gasteiger partial charge in [0.1, 0.15) is 0 Å². The first-order chi connectivity index (χ1) is 7.33. The second-order valence-electron chi connectivity index (χ2n) is 3.35. The molecule has 4 heteroatoms. The summed E-state index contributed by atoms with van der Waals surface area (Å²) < 4.78 is 6.36. The van der Waals surface area contributed by atoms with Crippen molar-refractivity contribution in [1.82, 2.24) is 0 Å². The van der Waals surface area contributed by atoms with Gasteiger partial charge in [0.25, 0.3) is 0 Å². The number of rotatable bonds is 5. The summed E-state index contributed by atoms with van der Waals surface area (Å²) in [6, 6.07) is 0. The van der Waals surface area contributed by atoms with Gasteiger partial charge in [-0.25, -0.2) is 0 Å². The zero-order chi connectivity index (χ0) is 10.9. The van der Waals surface area contributed by atoms with Crippen LogP contribution in [-0.2, 0) is 9.53 Å². The smallest absolute Gasteiger partial charge is 0.309 e. The van der Waals surface area contributed by atoms with Crippen molar-refractivity contribution in [2.45, 2.75) is 32.6 Å². The Bertz CT molecular complexity index is 219. The highest BCUT2D eigenvalue weighted by molar-refractivity contribution is 8.22. The van der Waals surface area contributed by atoms with Gasteiger partial charge in [0.05, 0.1) is 13.0 Å². The molecule has 0 aromatic carbocycles. The van der Waals surface area contributed by atoms with Crippen LogP contribution < -0.4 is 0 Å². The zero-order valence-corrected chi connectivity index (χ0v) is 10.8. The van der Waals surface area contributed by atoms with E-state index in [1.165, 1.54) is 22.2 Å². The number of ether oxygens (including phenoxy) is 1. The molecular formula is C11H18O2S2. The Morgan fingerprint density at radius 2 is 2.20 bits per heavy atom. The van der Waals surface area contributed by atoms with E-state index >= 15 is 0 Å². The van der Waals surface area contributed by atoms with Crippen molar-refractivity contribution in [2.75, 3.05) is 18.1 Å². The molecule has 0 N–H and O–H groups in total. The van der Waals surface area contributed by atoms with Gasteiger partial charge in [-0.15, -0.1) is 23.5 Å². The Hall–Kier alpha value is -0.0900. The summed E-state index contributed by atoms with van der Waals surface area (Å²) in [7, 11) is 0. The molecule has 0 bridgehead atoms. The quantitative estimate of drug-likeness (QED) is 0.548. The Morgan fingerprint density at radius 3 is 2.87 bits per heavy atom. The van der Waals surface area contributed by atoms with Crippen LogP contribution >= 0.6 is 23.5 Å². The molecule has 15 heavy (non-hydrogen) atoms. The predicted octanol–water partition coefficient (Wildman–Crippen LogP) is 3.43. The molecular weight excluding hydrogens is 228 g/mol. The summed E-state index contributed by atoms with van der Waals surface area (Å²) in [5.41, 5.74) is 0. The average molecular weight is 246 g/mol. The number of hydrogen-bond donors (Lipinski definition) is 0. The van der Waals surface area contributed by atoms with Crippen molar-refractivity contribution < 1.29 is 9.53 Å². The maximum atomic E-state index is 11.3. The molecule has 0 amide bonds. The standard InChI is InChI=1S/C11H18O2S2/c1-2-3-7-13-10(12)5-6-11-14-8-4-9-15-11/h6H,2-5,7-9H2,1H3. The Kier molecular flexibility index (Phi) is 7.01. The fourth-order valence-corrected chi connectivity index (χ4v) is 3.52. The highest BCUT2D eigenvalue weighted by Crippen LogP contribution is 2.34. The molecule has 0 aromatic heterocycles. The van der Waals surface area contributed by atoms with Gasteiger partial charge in [-0.05, 0) is 24.3 Å². The van der Waals surface area contributed by atoms with E-state index in [4.69, 9.17) is 4.74 Å². The molecule has 2 nitrogen and oxygen atoms in total. The lowest BCUT2D eigenvalue weighted by Crippen LogP contribution is -2.04. The summed E-state index contributed by atoms with van der Waals surface area (Å²) in [5, 5.41) is 0. The van der Waals surface area contributed by atoms with Crippen molar-refractivity contribution in [3.05, 3.63) is 10.3 Å².